The predicted molar refractivity (Wildman–Crippen MR) is 125 cm³/mol. The number of anilines is 1. The minimum atomic E-state index is -0.397. The quantitative estimate of drug-likeness (QED) is 0.444. The largest absolute Gasteiger partial charge is 0.496 e. The molecule has 0 atom stereocenters. The molecule has 0 spiro atoms. The Morgan fingerprint density at radius 3 is 2.88 bits per heavy atom. The zero-order valence-electron chi connectivity index (χ0n) is 18.1. The maximum Gasteiger partial charge on any atom is 0.261 e. The number of H-pyrrole nitrogens is 1. The Bertz CT molecular complexity index is 1170. The van der Waals surface area contributed by atoms with Crippen molar-refractivity contribution < 1.29 is 14.3 Å². The second-order valence-corrected chi connectivity index (χ2v) is 7.56. The van der Waals surface area contributed by atoms with Crippen molar-refractivity contribution in [3.05, 3.63) is 65.4 Å². The number of carbonyl (C=O) groups excluding carboxylic acids is 1. The molecular weight excluding hydrogens is 404 g/mol. The summed E-state index contributed by atoms with van der Waals surface area (Å²) >= 11 is 0. The highest BCUT2D eigenvalue weighted by molar-refractivity contribution is 6.02. The molecule has 0 bridgehead atoms. The fraction of sp³-hybridized carbons (Fsp3) is 0.280. The van der Waals surface area contributed by atoms with Crippen molar-refractivity contribution in [1.29, 1.82) is 5.26 Å². The van der Waals surface area contributed by atoms with Gasteiger partial charge in [0, 0.05) is 54.1 Å². The minimum Gasteiger partial charge on any atom is -0.496 e. The molecule has 2 N–H and O–H groups in total. The van der Waals surface area contributed by atoms with E-state index >= 15 is 0 Å². The highest BCUT2D eigenvalue weighted by Gasteiger charge is 2.15. The second kappa shape index (κ2) is 10.0. The summed E-state index contributed by atoms with van der Waals surface area (Å²) in [6.07, 6.45) is 4.20. The Labute approximate surface area is 187 Å². The molecule has 4 rings (SSSR count). The molecule has 2 aromatic carbocycles. The molecule has 1 aromatic heterocycles. The topological polar surface area (TPSA) is 90.4 Å². The van der Waals surface area contributed by atoms with Crippen molar-refractivity contribution in [3.63, 3.8) is 0 Å². The Balaban J connectivity index is 1.43. The lowest BCUT2D eigenvalue weighted by molar-refractivity contribution is -0.117. The van der Waals surface area contributed by atoms with E-state index in [9.17, 15) is 10.1 Å². The maximum atomic E-state index is 12.6. The summed E-state index contributed by atoms with van der Waals surface area (Å²) in [5.74, 6) is 0.222. The van der Waals surface area contributed by atoms with Crippen LogP contribution in [-0.2, 0) is 16.0 Å². The summed E-state index contributed by atoms with van der Waals surface area (Å²) in [5.41, 5.74) is 3.96. The Morgan fingerprint density at radius 2 is 2.09 bits per heavy atom. The van der Waals surface area contributed by atoms with E-state index < -0.39 is 5.91 Å². The number of fused-ring (bicyclic) bond motifs is 1. The van der Waals surface area contributed by atoms with Crippen molar-refractivity contribution in [2.24, 2.45) is 0 Å². The normalized spacial score (nSPS) is 14.2. The van der Waals surface area contributed by atoms with Gasteiger partial charge in [0.1, 0.15) is 17.4 Å². The summed E-state index contributed by atoms with van der Waals surface area (Å²) in [5, 5.41) is 13.5. The van der Waals surface area contributed by atoms with E-state index in [2.05, 4.69) is 21.3 Å². The van der Waals surface area contributed by atoms with Crippen LogP contribution in [0.15, 0.2) is 54.2 Å². The van der Waals surface area contributed by atoms with E-state index in [1.54, 1.807) is 13.2 Å². The van der Waals surface area contributed by atoms with E-state index in [4.69, 9.17) is 9.47 Å². The van der Waals surface area contributed by atoms with Gasteiger partial charge in [-0.2, -0.15) is 5.26 Å². The van der Waals surface area contributed by atoms with Crippen LogP contribution in [0.1, 0.15) is 11.1 Å². The summed E-state index contributed by atoms with van der Waals surface area (Å²) in [6.45, 7) is 3.47. The maximum absolute atomic E-state index is 12.6. The number of nitrogens with zero attached hydrogens (tertiary/aromatic N) is 2. The lowest BCUT2D eigenvalue weighted by atomic mass is 10.1. The number of ether oxygens (including phenoxy) is 2. The van der Waals surface area contributed by atoms with E-state index in [1.807, 2.05) is 48.7 Å². The number of nitriles is 1. The van der Waals surface area contributed by atoms with Gasteiger partial charge in [-0.25, -0.2) is 0 Å². The highest BCUT2D eigenvalue weighted by Crippen LogP contribution is 2.28. The van der Waals surface area contributed by atoms with Crippen LogP contribution in [0.4, 0.5) is 5.69 Å². The van der Waals surface area contributed by atoms with Crippen LogP contribution >= 0.6 is 0 Å². The first-order chi connectivity index (χ1) is 15.7. The van der Waals surface area contributed by atoms with Crippen molar-refractivity contribution in [1.82, 2.24) is 10.3 Å². The van der Waals surface area contributed by atoms with Crippen LogP contribution < -0.4 is 15.0 Å². The van der Waals surface area contributed by atoms with Crippen LogP contribution in [0.2, 0.25) is 0 Å². The van der Waals surface area contributed by atoms with Crippen LogP contribution in [0, 0.1) is 11.3 Å². The molecule has 1 amide bonds. The lowest BCUT2D eigenvalue weighted by Gasteiger charge is -2.29. The number of rotatable bonds is 7. The molecule has 1 aliphatic heterocycles. The predicted octanol–water partition coefficient (Wildman–Crippen LogP) is 3.28. The molecule has 164 valence electrons. The number of morpholine rings is 1. The summed E-state index contributed by atoms with van der Waals surface area (Å²) in [7, 11) is 1.59. The number of aromatic nitrogens is 1. The molecule has 2 heterocycles. The van der Waals surface area contributed by atoms with Crippen molar-refractivity contribution in [3.8, 4) is 11.8 Å². The minimum absolute atomic E-state index is 0.0429. The summed E-state index contributed by atoms with van der Waals surface area (Å²) < 4.78 is 10.9. The third-order valence-electron chi connectivity index (χ3n) is 5.61. The van der Waals surface area contributed by atoms with E-state index in [1.165, 1.54) is 0 Å². The van der Waals surface area contributed by atoms with Crippen LogP contribution in [0.3, 0.4) is 0 Å². The molecule has 7 heteroatoms. The summed E-state index contributed by atoms with van der Waals surface area (Å²) in [4.78, 5) is 18.1. The van der Waals surface area contributed by atoms with Gasteiger partial charge >= 0.3 is 0 Å². The monoisotopic (exact) mass is 430 g/mol. The first-order valence-electron chi connectivity index (χ1n) is 10.7. The van der Waals surface area contributed by atoms with E-state index in [0.29, 0.717) is 37.5 Å². The molecule has 1 fully saturated rings. The number of hydrogen-bond acceptors (Lipinski definition) is 5. The van der Waals surface area contributed by atoms with Crippen molar-refractivity contribution in [2.75, 3.05) is 44.9 Å². The van der Waals surface area contributed by atoms with Gasteiger partial charge in [-0.15, -0.1) is 0 Å². The molecule has 1 saturated heterocycles. The number of nitrogens with one attached hydrogen (secondary N) is 2. The Morgan fingerprint density at radius 1 is 1.28 bits per heavy atom. The lowest BCUT2D eigenvalue weighted by Crippen LogP contribution is -2.36. The summed E-state index contributed by atoms with van der Waals surface area (Å²) in [6, 6.07) is 15.8. The van der Waals surface area contributed by atoms with Gasteiger partial charge in [0.15, 0.2) is 0 Å². The van der Waals surface area contributed by atoms with Gasteiger partial charge in [0.2, 0.25) is 0 Å². The number of methoxy groups -OCH3 is 1. The van der Waals surface area contributed by atoms with Crippen LogP contribution in [0.5, 0.6) is 5.75 Å². The molecule has 0 saturated carbocycles. The number of aromatic amines is 1. The second-order valence-electron chi connectivity index (χ2n) is 7.56. The zero-order chi connectivity index (χ0) is 22.3. The molecule has 3 aromatic rings. The highest BCUT2D eigenvalue weighted by atomic mass is 16.5. The van der Waals surface area contributed by atoms with Gasteiger partial charge in [0.05, 0.1) is 20.3 Å². The van der Waals surface area contributed by atoms with Crippen LogP contribution in [-0.4, -0.2) is 50.8 Å². The van der Waals surface area contributed by atoms with Gasteiger partial charge in [0.25, 0.3) is 5.91 Å². The third kappa shape index (κ3) is 4.76. The van der Waals surface area contributed by atoms with Gasteiger partial charge < -0.3 is 24.7 Å². The molecule has 7 nitrogen and oxygen atoms in total. The number of hydrogen-bond donors (Lipinski definition) is 2. The average Bonchev–Trinajstić information content (AvgIpc) is 3.26. The standard InChI is InChI=1S/C25H26N4O3/c1-31-24-15-21(29-10-12-32-13-11-29)7-6-18(24)14-20(16-26)25(30)27-9-8-19-17-28-23-5-3-2-4-22(19)23/h2-7,14-15,17,28H,8-13H2,1H3,(H,27,30)/b20-14-. The average molecular weight is 431 g/mol. The number of benzene rings is 2. The first kappa shape index (κ1) is 21.5. The molecular formula is C25H26N4O3. The first-order valence-corrected chi connectivity index (χ1v) is 10.7. The molecule has 1 aliphatic rings. The molecule has 0 aliphatic carbocycles. The Hall–Kier alpha value is -3.76. The smallest absolute Gasteiger partial charge is 0.261 e. The fourth-order valence-electron chi connectivity index (χ4n) is 3.89. The third-order valence-corrected chi connectivity index (χ3v) is 5.61. The molecule has 32 heavy (non-hydrogen) atoms. The Kier molecular flexibility index (Phi) is 6.73. The number of carbonyl (C=O) groups is 1. The zero-order valence-corrected chi connectivity index (χ0v) is 18.1. The molecule has 0 radical (unpaired) electrons. The number of para-hydroxylation sites is 1. The van der Waals surface area contributed by atoms with E-state index in [-0.39, 0.29) is 5.57 Å². The number of amides is 1. The van der Waals surface area contributed by atoms with Crippen LogP contribution in [0.25, 0.3) is 17.0 Å². The van der Waals surface area contributed by atoms with E-state index in [0.717, 1.165) is 35.2 Å². The molecule has 0 unspecified atom stereocenters. The van der Waals surface area contributed by atoms with Gasteiger partial charge in [-0.05, 0) is 36.3 Å². The fourth-order valence-corrected chi connectivity index (χ4v) is 3.89. The van der Waals surface area contributed by atoms with Gasteiger partial charge in [-0.3, -0.25) is 4.79 Å². The van der Waals surface area contributed by atoms with Crippen molar-refractivity contribution in [2.45, 2.75) is 6.42 Å². The van der Waals surface area contributed by atoms with Crippen molar-refractivity contribution >= 4 is 28.6 Å². The SMILES string of the molecule is COc1cc(N2CCOCC2)ccc1/C=C(/C#N)C(=O)NCCc1c[nH]c2ccccc12. The van der Waals surface area contributed by atoms with Gasteiger partial charge in [-0.1, -0.05) is 18.2 Å².